The molecule has 1 heterocycles. The van der Waals surface area contributed by atoms with Gasteiger partial charge in [-0.1, -0.05) is 32.9 Å². The topological polar surface area (TPSA) is 38.0 Å². The van der Waals surface area contributed by atoms with Crippen molar-refractivity contribution in [3.05, 3.63) is 24.3 Å². The van der Waals surface area contributed by atoms with Crippen molar-refractivity contribution in [2.24, 2.45) is 5.41 Å². The van der Waals surface area contributed by atoms with Gasteiger partial charge in [0.05, 0.1) is 11.0 Å². The molecule has 2 rings (SSSR count). The fourth-order valence-corrected chi connectivity index (χ4v) is 1.69. The number of hydrogen-bond donors (Lipinski definition) is 1. The lowest BCUT2D eigenvalue weighted by atomic mass is 9.97. The van der Waals surface area contributed by atoms with Gasteiger partial charge in [-0.15, -0.1) is 0 Å². The van der Waals surface area contributed by atoms with Crippen molar-refractivity contribution in [3.8, 4) is 6.01 Å². The number of hydrogen-bond acceptors (Lipinski definition) is 2. The molecule has 0 spiro atoms. The Morgan fingerprint density at radius 2 is 1.93 bits per heavy atom. The first kappa shape index (κ1) is 10.0. The molecule has 1 N–H and O–H groups in total. The van der Waals surface area contributed by atoms with Crippen LogP contribution in [0.3, 0.4) is 0 Å². The van der Waals surface area contributed by atoms with Crippen LogP contribution in [0.2, 0.25) is 0 Å². The van der Waals surface area contributed by atoms with Gasteiger partial charge in [-0.3, -0.25) is 4.57 Å². The third kappa shape index (κ3) is 1.96. The number of nitrogens with zero attached hydrogens (tertiary/aromatic N) is 2. The van der Waals surface area contributed by atoms with E-state index in [9.17, 15) is 5.11 Å². The SMILES string of the molecule is CC(C)(C)Cn1c(O)nc2ccccc21. The summed E-state index contributed by atoms with van der Waals surface area (Å²) in [5.74, 6) is 0. The molecule has 15 heavy (non-hydrogen) atoms. The van der Waals surface area contributed by atoms with Gasteiger partial charge >= 0.3 is 0 Å². The molecule has 3 heteroatoms. The standard InChI is InChI=1S/C12H16N2O/c1-12(2,3)8-14-10-7-5-4-6-9(10)13-11(14)15/h4-7H,8H2,1-3H3,(H,13,15). The molecule has 0 fully saturated rings. The molecule has 0 radical (unpaired) electrons. The van der Waals surface area contributed by atoms with Crippen molar-refractivity contribution in [1.82, 2.24) is 9.55 Å². The van der Waals surface area contributed by atoms with Crippen LogP contribution in [0.5, 0.6) is 6.01 Å². The zero-order valence-electron chi connectivity index (χ0n) is 9.36. The van der Waals surface area contributed by atoms with Crippen molar-refractivity contribution in [2.45, 2.75) is 27.3 Å². The normalized spacial score (nSPS) is 12.2. The second-order valence-electron chi connectivity index (χ2n) is 5.05. The molecule has 0 unspecified atom stereocenters. The van der Waals surface area contributed by atoms with E-state index in [0.29, 0.717) is 0 Å². The van der Waals surface area contributed by atoms with E-state index in [2.05, 4.69) is 25.8 Å². The maximum atomic E-state index is 9.75. The molecule has 0 saturated carbocycles. The fourth-order valence-electron chi connectivity index (χ4n) is 1.69. The lowest BCUT2D eigenvalue weighted by molar-refractivity contribution is 0.312. The van der Waals surface area contributed by atoms with Gasteiger partial charge in [0.15, 0.2) is 0 Å². The quantitative estimate of drug-likeness (QED) is 0.775. The molecule has 0 atom stereocenters. The summed E-state index contributed by atoms with van der Waals surface area (Å²) in [6, 6.07) is 7.88. The van der Waals surface area contributed by atoms with Crippen LogP contribution >= 0.6 is 0 Å². The Labute approximate surface area is 89.4 Å². The Morgan fingerprint density at radius 1 is 1.27 bits per heavy atom. The smallest absolute Gasteiger partial charge is 0.294 e. The van der Waals surface area contributed by atoms with Crippen LogP contribution in [-0.2, 0) is 6.54 Å². The number of benzene rings is 1. The van der Waals surface area contributed by atoms with Gasteiger partial charge < -0.3 is 5.11 Å². The number of aromatic hydroxyl groups is 1. The lowest BCUT2D eigenvalue weighted by Crippen LogP contribution is -2.14. The third-order valence-electron chi connectivity index (χ3n) is 2.27. The summed E-state index contributed by atoms with van der Waals surface area (Å²) in [5.41, 5.74) is 1.96. The second-order valence-corrected chi connectivity index (χ2v) is 5.05. The highest BCUT2D eigenvalue weighted by Crippen LogP contribution is 2.25. The molecule has 1 aromatic carbocycles. The summed E-state index contributed by atoms with van der Waals surface area (Å²) < 4.78 is 1.86. The highest BCUT2D eigenvalue weighted by atomic mass is 16.3. The van der Waals surface area contributed by atoms with E-state index in [4.69, 9.17) is 0 Å². The molecule has 1 aromatic heterocycles. The van der Waals surface area contributed by atoms with Gasteiger partial charge in [0, 0.05) is 6.54 Å². The van der Waals surface area contributed by atoms with Crippen LogP contribution in [0.1, 0.15) is 20.8 Å². The monoisotopic (exact) mass is 204 g/mol. The Hall–Kier alpha value is -1.51. The fraction of sp³-hybridized carbons (Fsp3) is 0.417. The van der Waals surface area contributed by atoms with Gasteiger partial charge in [0.2, 0.25) is 0 Å². The Bertz CT molecular complexity index is 480. The summed E-state index contributed by atoms with van der Waals surface area (Å²) in [5, 5.41) is 9.75. The van der Waals surface area contributed by atoms with E-state index in [1.807, 2.05) is 28.8 Å². The van der Waals surface area contributed by atoms with E-state index < -0.39 is 0 Å². The average Bonchev–Trinajstić information content (AvgIpc) is 2.41. The minimum atomic E-state index is 0.103. The van der Waals surface area contributed by atoms with E-state index in [0.717, 1.165) is 17.6 Å². The van der Waals surface area contributed by atoms with Gasteiger partial charge in [-0.25, -0.2) is 0 Å². The number of rotatable bonds is 1. The predicted molar refractivity (Wildman–Crippen MR) is 60.9 cm³/mol. The third-order valence-corrected chi connectivity index (χ3v) is 2.27. The van der Waals surface area contributed by atoms with Crippen LogP contribution in [0.4, 0.5) is 0 Å². The van der Waals surface area contributed by atoms with Crippen LogP contribution < -0.4 is 0 Å². The molecular formula is C12H16N2O. The van der Waals surface area contributed by atoms with Crippen LogP contribution in [0.25, 0.3) is 11.0 Å². The number of imidazole rings is 1. The zero-order chi connectivity index (χ0) is 11.1. The van der Waals surface area contributed by atoms with E-state index >= 15 is 0 Å². The Balaban J connectivity index is 2.54. The molecule has 3 nitrogen and oxygen atoms in total. The molecule has 0 aliphatic carbocycles. The molecule has 2 aromatic rings. The van der Waals surface area contributed by atoms with E-state index in [1.54, 1.807) is 0 Å². The summed E-state index contributed by atoms with van der Waals surface area (Å²) in [6.45, 7) is 7.18. The minimum absolute atomic E-state index is 0.103. The van der Waals surface area contributed by atoms with Crippen LogP contribution in [-0.4, -0.2) is 14.7 Å². The van der Waals surface area contributed by atoms with E-state index in [-0.39, 0.29) is 11.4 Å². The number of fused-ring (bicyclic) bond motifs is 1. The van der Waals surface area contributed by atoms with Crippen LogP contribution in [0.15, 0.2) is 24.3 Å². The molecule has 0 amide bonds. The van der Waals surface area contributed by atoms with Crippen molar-refractivity contribution >= 4 is 11.0 Å². The first-order valence-corrected chi connectivity index (χ1v) is 5.12. The molecule has 0 bridgehead atoms. The Kier molecular flexibility index (Phi) is 2.18. The summed E-state index contributed by atoms with van der Waals surface area (Å²) in [6.07, 6.45) is 0. The first-order valence-electron chi connectivity index (χ1n) is 5.12. The first-order chi connectivity index (χ1) is 6.97. The second kappa shape index (κ2) is 3.26. The average molecular weight is 204 g/mol. The molecule has 0 aliphatic heterocycles. The molecular weight excluding hydrogens is 188 g/mol. The summed E-state index contributed by atoms with van der Waals surface area (Å²) in [7, 11) is 0. The summed E-state index contributed by atoms with van der Waals surface area (Å²) >= 11 is 0. The van der Waals surface area contributed by atoms with Crippen LogP contribution in [0, 0.1) is 5.41 Å². The Morgan fingerprint density at radius 3 is 2.60 bits per heavy atom. The minimum Gasteiger partial charge on any atom is -0.480 e. The van der Waals surface area contributed by atoms with Gasteiger partial charge in [-0.05, 0) is 17.5 Å². The van der Waals surface area contributed by atoms with Crippen molar-refractivity contribution < 1.29 is 5.11 Å². The van der Waals surface area contributed by atoms with E-state index in [1.165, 1.54) is 0 Å². The van der Waals surface area contributed by atoms with Gasteiger partial charge in [0.1, 0.15) is 0 Å². The lowest BCUT2D eigenvalue weighted by Gasteiger charge is -2.19. The summed E-state index contributed by atoms with van der Waals surface area (Å²) in [4.78, 5) is 4.12. The number of aromatic nitrogens is 2. The van der Waals surface area contributed by atoms with Gasteiger partial charge in [-0.2, -0.15) is 4.98 Å². The highest BCUT2D eigenvalue weighted by Gasteiger charge is 2.16. The zero-order valence-corrected chi connectivity index (χ0v) is 9.36. The highest BCUT2D eigenvalue weighted by molar-refractivity contribution is 5.76. The van der Waals surface area contributed by atoms with Gasteiger partial charge in [0.25, 0.3) is 6.01 Å². The molecule has 0 aliphatic rings. The molecule has 0 saturated heterocycles. The van der Waals surface area contributed by atoms with Crippen molar-refractivity contribution in [3.63, 3.8) is 0 Å². The van der Waals surface area contributed by atoms with Crippen molar-refractivity contribution in [2.75, 3.05) is 0 Å². The van der Waals surface area contributed by atoms with Crippen molar-refractivity contribution in [1.29, 1.82) is 0 Å². The number of para-hydroxylation sites is 2. The predicted octanol–water partition coefficient (Wildman–Crippen LogP) is 2.79. The largest absolute Gasteiger partial charge is 0.480 e. The molecule has 80 valence electrons. The maximum Gasteiger partial charge on any atom is 0.294 e. The maximum absolute atomic E-state index is 9.75.